The fourth-order valence-corrected chi connectivity index (χ4v) is 8.93. The Kier molecular flexibility index (Phi) is 20.3. The molecule has 8 N–H and O–H groups in total. The second-order valence-corrected chi connectivity index (χ2v) is 18.2. The van der Waals surface area contributed by atoms with Crippen LogP contribution in [0.3, 0.4) is 0 Å². The summed E-state index contributed by atoms with van der Waals surface area (Å²) in [5.41, 5.74) is 5.02. The Balaban J connectivity index is 0.000000653. The van der Waals surface area contributed by atoms with Crippen molar-refractivity contribution in [3.8, 4) is 16.9 Å². The van der Waals surface area contributed by atoms with Crippen molar-refractivity contribution in [2.75, 3.05) is 50.0 Å². The molecule has 1 saturated carbocycles. The van der Waals surface area contributed by atoms with E-state index in [4.69, 9.17) is 19.8 Å². The number of fused-ring (bicyclic) bond motifs is 1. The van der Waals surface area contributed by atoms with Crippen molar-refractivity contribution in [1.29, 1.82) is 0 Å². The topological polar surface area (TPSA) is 253 Å². The fraction of sp³-hybridized carbons (Fsp3) is 0.385. The van der Waals surface area contributed by atoms with Gasteiger partial charge in [0.25, 0.3) is 0 Å². The molecule has 1 saturated heterocycles. The number of aromatic amines is 1. The number of amides is 3. The fourth-order valence-electron chi connectivity index (χ4n) is 8.93. The molecule has 7 rings (SSSR count). The number of rotatable bonds is 17. The van der Waals surface area contributed by atoms with Crippen LogP contribution in [0, 0.1) is 5.41 Å². The quantitative estimate of drug-likeness (QED) is 0.0322. The minimum absolute atomic E-state index is 0.0535. The molecule has 0 unspecified atom stereocenters. The first-order chi connectivity index (χ1) is 35.4. The number of para-hydroxylation sites is 1. The highest BCUT2D eigenvalue weighted by atomic mass is 19.4. The molecular weight excluding hydrogens is 999 g/mol. The molecule has 75 heavy (non-hydrogen) atoms. The Labute approximate surface area is 426 Å². The summed E-state index contributed by atoms with van der Waals surface area (Å²) < 4.78 is 63.5. The number of carboxylic acid groups (broad SMARTS) is 3. The van der Waals surface area contributed by atoms with Gasteiger partial charge in [0.1, 0.15) is 5.75 Å². The van der Waals surface area contributed by atoms with Crippen molar-refractivity contribution in [3.63, 3.8) is 0 Å². The molecule has 1 atom stereocenters. The maximum Gasteiger partial charge on any atom is 0.490 e. The number of benzene rings is 4. The number of pyridine rings is 1. The van der Waals surface area contributed by atoms with E-state index in [0.717, 1.165) is 67.6 Å². The van der Waals surface area contributed by atoms with Crippen molar-refractivity contribution in [2.24, 2.45) is 5.41 Å². The number of anilines is 2. The van der Waals surface area contributed by atoms with Gasteiger partial charge in [0.05, 0.1) is 17.3 Å². The van der Waals surface area contributed by atoms with Gasteiger partial charge in [0.2, 0.25) is 17.4 Å². The maximum atomic E-state index is 13.0. The second kappa shape index (κ2) is 26.1. The third kappa shape index (κ3) is 17.0. The van der Waals surface area contributed by atoms with Gasteiger partial charge in [0, 0.05) is 74.8 Å². The molecule has 0 radical (unpaired) electrons. The van der Waals surface area contributed by atoms with E-state index in [0.29, 0.717) is 61.1 Å². The van der Waals surface area contributed by atoms with E-state index in [-0.39, 0.29) is 41.1 Å². The highest BCUT2D eigenvalue weighted by molar-refractivity contribution is 5.94. The number of aliphatic hydroxyl groups is 1. The molecule has 0 bridgehead atoms. The first kappa shape index (κ1) is 58.4. The van der Waals surface area contributed by atoms with Gasteiger partial charge in [0.15, 0.2) is 0 Å². The number of aliphatic hydroxyl groups excluding tert-OH is 1. The largest absolute Gasteiger partial charge is 0.506 e. The summed E-state index contributed by atoms with van der Waals surface area (Å²) in [5, 5.41) is 52.2. The smallest absolute Gasteiger partial charge is 0.490 e. The number of aromatic nitrogens is 1. The van der Waals surface area contributed by atoms with E-state index in [2.05, 4.69) is 20.5 Å². The number of alkyl halides is 6. The van der Waals surface area contributed by atoms with Gasteiger partial charge >= 0.3 is 30.4 Å². The standard InChI is InChI=1S/C48H56N6O7.2C2HF3O2/c1-52(25-8-7-13-43(57)50-35-16-14-33(15-17-35)31-49-32-42(56)38-18-20-41(55)46-39(38)19-21-44(58)51-46)45(59)22-26-53-27-23-48(24-28-53)29-36(30-48)54(47(60)61)40-12-6-5-11-37(40)34-9-3-2-4-10-34;2*3-2(4,5)1(6)7/h2-6,9-12,14-21,36,42,49,55-56H,7-8,13,22-32H2,1H3,(H,50,57)(H,51,58)(H,60,61);2*(H,6,7)/t42-;;/m0../s1. The Bertz CT molecular complexity index is 2770. The summed E-state index contributed by atoms with van der Waals surface area (Å²) in [6.45, 7) is 3.84. The normalized spacial score (nSPS) is 14.8. The first-order valence-electron chi connectivity index (χ1n) is 23.7. The van der Waals surface area contributed by atoms with Crippen molar-refractivity contribution in [2.45, 2.75) is 82.4 Å². The zero-order valence-electron chi connectivity index (χ0n) is 40.7. The molecule has 2 fully saturated rings. The van der Waals surface area contributed by atoms with Crippen LogP contribution in [0.2, 0.25) is 0 Å². The first-order valence-corrected chi connectivity index (χ1v) is 23.7. The molecule has 1 aliphatic carbocycles. The number of aromatic hydroxyl groups is 1. The molecule has 404 valence electrons. The van der Waals surface area contributed by atoms with E-state index >= 15 is 0 Å². The minimum Gasteiger partial charge on any atom is -0.506 e. The Hall–Kier alpha value is -7.50. The lowest BCUT2D eigenvalue weighted by Crippen LogP contribution is -2.56. The van der Waals surface area contributed by atoms with Crippen LogP contribution in [0.5, 0.6) is 5.75 Å². The number of carboxylic acids is 2. The van der Waals surface area contributed by atoms with Gasteiger partial charge in [-0.3, -0.25) is 19.3 Å². The molecule has 1 aliphatic heterocycles. The lowest BCUT2D eigenvalue weighted by molar-refractivity contribution is -0.193. The third-order valence-electron chi connectivity index (χ3n) is 12.9. The van der Waals surface area contributed by atoms with Crippen molar-refractivity contribution in [3.05, 3.63) is 125 Å². The number of hydrogen-bond acceptors (Lipinski definition) is 10. The average molecular weight is 1060 g/mol. The third-order valence-corrected chi connectivity index (χ3v) is 12.9. The number of hydrogen-bond donors (Lipinski definition) is 8. The van der Waals surface area contributed by atoms with Crippen LogP contribution < -0.4 is 21.1 Å². The maximum absolute atomic E-state index is 13.0. The number of H-pyrrole nitrogens is 1. The van der Waals surface area contributed by atoms with Crippen LogP contribution in [0.25, 0.3) is 22.0 Å². The van der Waals surface area contributed by atoms with Crippen LogP contribution in [-0.2, 0) is 25.7 Å². The summed E-state index contributed by atoms with van der Waals surface area (Å²) in [7, 11) is 1.82. The predicted octanol–water partition coefficient (Wildman–Crippen LogP) is 8.38. The van der Waals surface area contributed by atoms with Crippen LogP contribution in [0.1, 0.15) is 68.6 Å². The zero-order chi connectivity index (χ0) is 55.1. The number of unbranched alkanes of at least 4 members (excludes halogenated alkanes) is 1. The lowest BCUT2D eigenvalue weighted by Gasteiger charge is -2.54. The van der Waals surface area contributed by atoms with Crippen molar-refractivity contribution >= 4 is 52.1 Å². The molecule has 1 spiro atoms. The zero-order valence-corrected chi connectivity index (χ0v) is 40.7. The molecule has 2 heterocycles. The van der Waals surface area contributed by atoms with Gasteiger partial charge in [-0.05, 0) is 104 Å². The Morgan fingerprint density at radius 1 is 0.787 bits per heavy atom. The highest BCUT2D eigenvalue weighted by Gasteiger charge is 2.49. The van der Waals surface area contributed by atoms with E-state index in [9.17, 15) is 60.8 Å². The molecule has 17 nitrogen and oxygen atoms in total. The number of likely N-dealkylation sites (tertiary alicyclic amines) is 1. The highest BCUT2D eigenvalue weighted by Crippen LogP contribution is 2.52. The SMILES string of the molecule is CN(CCCCC(=O)Nc1ccc(CNC[C@H](O)c2ccc(O)c3[nH]c(=O)ccc23)cc1)C(=O)CCN1CCC2(CC1)CC(N(C(=O)O)c1ccccc1-c1ccccc1)C2.O=C(O)C(F)(F)F.O=C(O)C(F)(F)F. The molecule has 3 amide bonds. The van der Waals surface area contributed by atoms with Crippen LogP contribution in [-0.4, -0.2) is 128 Å². The van der Waals surface area contributed by atoms with Gasteiger partial charge in [-0.1, -0.05) is 66.7 Å². The van der Waals surface area contributed by atoms with E-state index in [1.807, 2.05) is 85.9 Å². The number of nitrogens with zero attached hydrogens (tertiary/aromatic N) is 3. The second-order valence-electron chi connectivity index (χ2n) is 18.2. The molecule has 1 aromatic heterocycles. The number of phenolic OH excluding ortho intramolecular Hbond substituents is 1. The van der Waals surface area contributed by atoms with Crippen molar-refractivity contribution < 1.29 is 75.8 Å². The number of phenols is 1. The molecular formula is C52H58F6N6O11. The monoisotopic (exact) mass is 1060 g/mol. The van der Waals surface area contributed by atoms with Gasteiger partial charge < -0.3 is 51.0 Å². The minimum atomic E-state index is -5.08. The summed E-state index contributed by atoms with van der Waals surface area (Å²) in [6.07, 6.45) is -6.06. The molecule has 4 aromatic carbocycles. The summed E-state index contributed by atoms with van der Waals surface area (Å²) in [6, 6.07) is 31.2. The van der Waals surface area contributed by atoms with Crippen LogP contribution >= 0.6 is 0 Å². The van der Waals surface area contributed by atoms with Crippen LogP contribution in [0.4, 0.5) is 42.5 Å². The summed E-state index contributed by atoms with van der Waals surface area (Å²) >= 11 is 0. The predicted molar refractivity (Wildman–Crippen MR) is 265 cm³/mol. The number of aliphatic carboxylic acids is 2. The summed E-state index contributed by atoms with van der Waals surface area (Å²) in [4.78, 5) is 76.0. The lowest BCUT2D eigenvalue weighted by atomic mass is 9.60. The molecule has 23 heteroatoms. The number of piperidine rings is 1. The Morgan fingerprint density at radius 3 is 1.99 bits per heavy atom. The number of carbonyl (C=O) groups excluding carboxylic acids is 2. The van der Waals surface area contributed by atoms with Gasteiger partial charge in [-0.25, -0.2) is 14.4 Å². The van der Waals surface area contributed by atoms with Gasteiger partial charge in [-0.2, -0.15) is 26.3 Å². The van der Waals surface area contributed by atoms with Gasteiger partial charge in [-0.15, -0.1) is 0 Å². The van der Waals surface area contributed by atoms with Crippen LogP contribution in [0.15, 0.2) is 108 Å². The van der Waals surface area contributed by atoms with E-state index < -0.39 is 36.5 Å². The molecule has 5 aromatic rings. The van der Waals surface area contributed by atoms with Crippen molar-refractivity contribution in [1.82, 2.24) is 20.1 Å². The number of halogens is 6. The Morgan fingerprint density at radius 2 is 1.39 bits per heavy atom. The average Bonchev–Trinajstić information content (AvgIpc) is 3.35. The van der Waals surface area contributed by atoms with E-state index in [1.54, 1.807) is 21.9 Å². The number of carbonyl (C=O) groups is 5. The molecule has 2 aliphatic rings. The summed E-state index contributed by atoms with van der Waals surface area (Å²) in [5.74, 6) is -5.56. The number of nitrogens with one attached hydrogen (secondary N) is 3. The van der Waals surface area contributed by atoms with E-state index in [1.165, 1.54) is 12.1 Å².